The first-order chi connectivity index (χ1) is 8.72. The molecule has 0 saturated carbocycles. The fraction of sp³-hybridized carbons (Fsp3) is 0.364. The SMILES string of the molecule is Cc1cc(Nc2ncc(F)c(N3CCC3)n2)n[nH]1. The number of anilines is 3. The summed E-state index contributed by atoms with van der Waals surface area (Å²) in [6.07, 6.45) is 2.26. The summed E-state index contributed by atoms with van der Waals surface area (Å²) in [6, 6.07) is 1.83. The van der Waals surface area contributed by atoms with E-state index in [1.165, 1.54) is 6.20 Å². The maximum atomic E-state index is 13.6. The highest BCUT2D eigenvalue weighted by atomic mass is 19.1. The van der Waals surface area contributed by atoms with Crippen LogP contribution in [0.1, 0.15) is 12.1 Å². The first-order valence-corrected chi connectivity index (χ1v) is 5.79. The lowest BCUT2D eigenvalue weighted by Gasteiger charge is -2.32. The van der Waals surface area contributed by atoms with Gasteiger partial charge in [-0.15, -0.1) is 0 Å². The molecule has 0 amide bonds. The first-order valence-electron chi connectivity index (χ1n) is 5.79. The predicted octanol–water partition coefficient (Wildman–Crippen LogP) is 1.60. The number of nitrogens with one attached hydrogen (secondary N) is 2. The molecular formula is C11H13FN6. The van der Waals surface area contributed by atoms with Gasteiger partial charge in [0.15, 0.2) is 17.5 Å². The molecule has 94 valence electrons. The molecule has 0 spiro atoms. The first kappa shape index (κ1) is 10.9. The van der Waals surface area contributed by atoms with Crippen LogP contribution in [0.25, 0.3) is 0 Å². The van der Waals surface area contributed by atoms with Crippen LogP contribution in [0.3, 0.4) is 0 Å². The van der Waals surface area contributed by atoms with Gasteiger partial charge in [-0.3, -0.25) is 5.10 Å². The number of hydrogen-bond acceptors (Lipinski definition) is 5. The van der Waals surface area contributed by atoms with Crippen molar-refractivity contribution < 1.29 is 4.39 Å². The van der Waals surface area contributed by atoms with E-state index in [1.54, 1.807) is 0 Å². The fourth-order valence-corrected chi connectivity index (χ4v) is 1.76. The molecule has 0 aromatic carbocycles. The Kier molecular flexibility index (Phi) is 2.58. The molecule has 1 fully saturated rings. The van der Waals surface area contributed by atoms with Crippen LogP contribution in [-0.2, 0) is 0 Å². The molecule has 1 saturated heterocycles. The van der Waals surface area contributed by atoms with Crippen molar-refractivity contribution in [2.24, 2.45) is 0 Å². The highest BCUT2D eigenvalue weighted by Gasteiger charge is 2.20. The maximum absolute atomic E-state index is 13.6. The fourth-order valence-electron chi connectivity index (χ4n) is 1.76. The van der Waals surface area contributed by atoms with E-state index in [2.05, 4.69) is 25.5 Å². The van der Waals surface area contributed by atoms with Gasteiger partial charge in [0, 0.05) is 24.8 Å². The van der Waals surface area contributed by atoms with Crippen molar-refractivity contribution in [1.29, 1.82) is 0 Å². The average Bonchev–Trinajstić information content (AvgIpc) is 2.66. The van der Waals surface area contributed by atoms with Crippen molar-refractivity contribution >= 4 is 17.6 Å². The Bertz CT molecular complexity index is 562. The molecule has 3 heterocycles. The molecule has 2 aromatic heterocycles. The van der Waals surface area contributed by atoms with Crippen molar-refractivity contribution in [3.63, 3.8) is 0 Å². The van der Waals surface area contributed by atoms with E-state index in [1.807, 2.05) is 17.9 Å². The van der Waals surface area contributed by atoms with Crippen molar-refractivity contribution in [2.45, 2.75) is 13.3 Å². The molecule has 7 heteroatoms. The van der Waals surface area contributed by atoms with Crippen molar-refractivity contribution in [3.8, 4) is 0 Å². The van der Waals surface area contributed by atoms with Gasteiger partial charge >= 0.3 is 0 Å². The Labute approximate surface area is 103 Å². The van der Waals surface area contributed by atoms with Gasteiger partial charge in [0.05, 0.1) is 6.20 Å². The second kappa shape index (κ2) is 4.25. The molecule has 0 radical (unpaired) electrons. The van der Waals surface area contributed by atoms with E-state index in [9.17, 15) is 4.39 Å². The molecule has 0 aliphatic carbocycles. The zero-order valence-electron chi connectivity index (χ0n) is 9.94. The molecule has 0 bridgehead atoms. The van der Waals surface area contributed by atoms with Gasteiger partial charge in [-0.25, -0.2) is 9.37 Å². The largest absolute Gasteiger partial charge is 0.354 e. The van der Waals surface area contributed by atoms with Crippen LogP contribution in [0.15, 0.2) is 12.3 Å². The lowest BCUT2D eigenvalue weighted by molar-refractivity contribution is 0.559. The summed E-state index contributed by atoms with van der Waals surface area (Å²) in [5.74, 6) is 0.933. The zero-order valence-corrected chi connectivity index (χ0v) is 9.94. The standard InChI is InChI=1S/C11H13FN6/c1-7-5-9(17-16-7)14-11-13-6-8(12)10(15-11)18-3-2-4-18/h5-6H,2-4H2,1H3,(H2,13,14,15,16,17). The third-order valence-corrected chi connectivity index (χ3v) is 2.83. The Morgan fingerprint density at radius 2 is 2.28 bits per heavy atom. The highest BCUT2D eigenvalue weighted by Crippen LogP contribution is 2.23. The van der Waals surface area contributed by atoms with Crippen LogP contribution in [-0.4, -0.2) is 33.3 Å². The highest BCUT2D eigenvalue weighted by molar-refractivity contribution is 5.52. The van der Waals surface area contributed by atoms with E-state index in [0.717, 1.165) is 25.2 Å². The number of aryl methyl sites for hydroxylation is 1. The summed E-state index contributed by atoms with van der Waals surface area (Å²) in [5, 5.41) is 9.76. The molecule has 0 unspecified atom stereocenters. The summed E-state index contributed by atoms with van der Waals surface area (Å²) < 4.78 is 13.6. The number of aromatic amines is 1. The van der Waals surface area contributed by atoms with Crippen LogP contribution < -0.4 is 10.2 Å². The van der Waals surface area contributed by atoms with Gasteiger partial charge in [0.25, 0.3) is 0 Å². The summed E-state index contributed by atoms with van der Waals surface area (Å²) in [7, 11) is 0. The number of aromatic nitrogens is 4. The van der Waals surface area contributed by atoms with Gasteiger partial charge in [0.2, 0.25) is 5.95 Å². The Morgan fingerprint density at radius 3 is 2.89 bits per heavy atom. The van der Waals surface area contributed by atoms with Crippen molar-refractivity contribution in [1.82, 2.24) is 20.2 Å². The number of nitrogens with zero attached hydrogens (tertiary/aromatic N) is 4. The van der Waals surface area contributed by atoms with Gasteiger partial charge in [-0.05, 0) is 13.3 Å². The van der Waals surface area contributed by atoms with Crippen LogP contribution in [0, 0.1) is 12.7 Å². The van der Waals surface area contributed by atoms with Gasteiger partial charge < -0.3 is 10.2 Å². The normalized spacial score (nSPS) is 14.4. The lowest BCUT2D eigenvalue weighted by atomic mass is 10.2. The monoisotopic (exact) mass is 248 g/mol. The summed E-state index contributed by atoms with van der Waals surface area (Å²) in [5.41, 5.74) is 0.933. The minimum atomic E-state index is -0.390. The molecule has 6 nitrogen and oxygen atoms in total. The molecular weight excluding hydrogens is 235 g/mol. The van der Waals surface area contributed by atoms with E-state index in [4.69, 9.17) is 0 Å². The minimum Gasteiger partial charge on any atom is -0.354 e. The summed E-state index contributed by atoms with van der Waals surface area (Å²) in [4.78, 5) is 9.97. The zero-order chi connectivity index (χ0) is 12.5. The van der Waals surface area contributed by atoms with Crippen LogP contribution in [0.4, 0.5) is 22.0 Å². The van der Waals surface area contributed by atoms with E-state index in [-0.39, 0.29) is 0 Å². The quantitative estimate of drug-likeness (QED) is 0.863. The smallest absolute Gasteiger partial charge is 0.230 e. The van der Waals surface area contributed by atoms with Crippen molar-refractivity contribution in [2.75, 3.05) is 23.3 Å². The van der Waals surface area contributed by atoms with Crippen LogP contribution in [0.2, 0.25) is 0 Å². The predicted molar refractivity (Wildman–Crippen MR) is 65.4 cm³/mol. The van der Waals surface area contributed by atoms with Crippen LogP contribution in [0.5, 0.6) is 0 Å². The topological polar surface area (TPSA) is 69.7 Å². The molecule has 18 heavy (non-hydrogen) atoms. The van der Waals surface area contributed by atoms with Crippen LogP contribution >= 0.6 is 0 Å². The molecule has 0 atom stereocenters. The molecule has 1 aliphatic heterocycles. The maximum Gasteiger partial charge on any atom is 0.230 e. The third kappa shape index (κ3) is 1.99. The molecule has 2 N–H and O–H groups in total. The Hall–Kier alpha value is -2.18. The molecule has 1 aliphatic rings. The van der Waals surface area contributed by atoms with E-state index >= 15 is 0 Å². The van der Waals surface area contributed by atoms with Gasteiger partial charge in [-0.1, -0.05) is 0 Å². The van der Waals surface area contributed by atoms with Gasteiger partial charge in [0.1, 0.15) is 0 Å². The number of hydrogen-bond donors (Lipinski definition) is 2. The summed E-state index contributed by atoms with van der Waals surface area (Å²) >= 11 is 0. The molecule has 2 aromatic rings. The average molecular weight is 248 g/mol. The second-order valence-corrected chi connectivity index (χ2v) is 4.27. The van der Waals surface area contributed by atoms with Gasteiger partial charge in [-0.2, -0.15) is 10.1 Å². The van der Waals surface area contributed by atoms with E-state index < -0.39 is 5.82 Å². The Balaban J connectivity index is 1.84. The Morgan fingerprint density at radius 1 is 1.44 bits per heavy atom. The number of halogens is 1. The second-order valence-electron chi connectivity index (χ2n) is 4.27. The molecule has 3 rings (SSSR count). The van der Waals surface area contributed by atoms with E-state index in [0.29, 0.717) is 17.6 Å². The lowest BCUT2D eigenvalue weighted by Crippen LogP contribution is -2.38. The summed E-state index contributed by atoms with van der Waals surface area (Å²) in [6.45, 7) is 3.58. The third-order valence-electron chi connectivity index (χ3n) is 2.83. The van der Waals surface area contributed by atoms with Crippen molar-refractivity contribution in [3.05, 3.63) is 23.8 Å². The minimum absolute atomic E-state index is 0.352. The number of H-pyrrole nitrogens is 1. The number of rotatable bonds is 3.